The van der Waals surface area contributed by atoms with Gasteiger partial charge in [-0.1, -0.05) is 52.2 Å². The summed E-state index contributed by atoms with van der Waals surface area (Å²) in [6.45, 7) is -0.243. The van der Waals surface area contributed by atoms with E-state index in [2.05, 4.69) is 15.6 Å². The Kier molecular flexibility index (Phi) is 5.81. The Hall–Kier alpha value is -3.52. The molecule has 0 radical (unpaired) electrons. The van der Waals surface area contributed by atoms with Crippen LogP contribution < -0.4 is 15.6 Å². The van der Waals surface area contributed by atoms with Crippen molar-refractivity contribution >= 4 is 29.5 Å². The number of nitrogens with one attached hydrogen (secondary N) is 2. The lowest BCUT2D eigenvalue weighted by atomic mass is 10.1. The van der Waals surface area contributed by atoms with Crippen LogP contribution in [0, 0.1) is 0 Å². The van der Waals surface area contributed by atoms with Gasteiger partial charge in [0.2, 0.25) is 5.78 Å². The molecule has 2 N–H and O–H groups in total. The summed E-state index contributed by atoms with van der Waals surface area (Å²) in [5, 5.41) is 9.62. The average molecular weight is 399 g/mol. The topological polar surface area (TPSA) is 100 Å². The van der Waals surface area contributed by atoms with Gasteiger partial charge in [0, 0.05) is 22.4 Å². The van der Waals surface area contributed by atoms with Gasteiger partial charge in [0.1, 0.15) is 0 Å². The molecule has 1 aromatic heterocycles. The number of halogens is 1. The molecule has 0 aliphatic carbocycles. The first kappa shape index (κ1) is 19.2. The number of ketones is 1. The lowest BCUT2D eigenvalue weighted by Gasteiger charge is -2.00. The third-order valence-corrected chi connectivity index (χ3v) is 4.16. The summed E-state index contributed by atoms with van der Waals surface area (Å²) in [7, 11) is 1.40. The maximum Gasteiger partial charge on any atom is 0.432 e. The van der Waals surface area contributed by atoms with Crippen LogP contribution >= 0.6 is 11.6 Å². The molecule has 28 heavy (non-hydrogen) atoms. The van der Waals surface area contributed by atoms with Gasteiger partial charge in [0.25, 0.3) is 0 Å². The summed E-state index contributed by atoms with van der Waals surface area (Å²) in [6, 6.07) is 15.5. The monoisotopic (exact) mass is 398 g/mol. The first-order valence-electron chi connectivity index (χ1n) is 8.34. The molecule has 3 rings (SSSR count). The van der Waals surface area contributed by atoms with Crippen molar-refractivity contribution in [2.24, 2.45) is 5.10 Å². The molecule has 2 aromatic carbocycles. The number of carbonyl (C=O) groups is 2. The molecule has 0 aliphatic rings. The molecule has 0 bridgehead atoms. The van der Waals surface area contributed by atoms with Gasteiger partial charge in [-0.3, -0.25) is 9.59 Å². The zero-order chi connectivity index (χ0) is 20.1. The third kappa shape index (κ3) is 4.24. The third-order valence-electron chi connectivity index (χ3n) is 3.91. The maximum atomic E-state index is 12.6. The molecular formula is C19H17ClN5O3+. The highest BCUT2D eigenvalue weighted by Gasteiger charge is 2.29. The molecule has 142 valence electrons. The van der Waals surface area contributed by atoms with Crippen molar-refractivity contribution in [3.63, 3.8) is 0 Å². The van der Waals surface area contributed by atoms with E-state index < -0.39 is 11.5 Å². The molecule has 0 saturated carbocycles. The van der Waals surface area contributed by atoms with Crippen LogP contribution in [0.4, 0.5) is 0 Å². The summed E-state index contributed by atoms with van der Waals surface area (Å²) in [4.78, 5) is 38.2. The van der Waals surface area contributed by atoms with Crippen molar-refractivity contribution in [2.75, 3.05) is 7.05 Å². The molecule has 0 fully saturated rings. The summed E-state index contributed by atoms with van der Waals surface area (Å²) in [5.41, 5.74) is 0.279. The molecule has 0 unspecified atom stereocenters. The average Bonchev–Trinajstić information content (AvgIpc) is 3.02. The highest BCUT2D eigenvalue weighted by molar-refractivity contribution is 6.30. The predicted molar refractivity (Wildman–Crippen MR) is 104 cm³/mol. The van der Waals surface area contributed by atoms with Crippen molar-refractivity contribution in [1.29, 1.82) is 0 Å². The number of hydrogen-bond acceptors (Lipinski definition) is 4. The molecule has 0 atom stereocenters. The largest absolute Gasteiger partial charge is 0.432 e. The van der Waals surface area contributed by atoms with E-state index in [1.807, 2.05) is 30.3 Å². The molecule has 3 aromatic rings. The van der Waals surface area contributed by atoms with Gasteiger partial charge >= 0.3 is 17.2 Å². The molecular weight excluding hydrogens is 382 g/mol. The van der Waals surface area contributed by atoms with Gasteiger partial charge in [0.05, 0.1) is 6.21 Å². The zero-order valence-corrected chi connectivity index (χ0v) is 15.7. The molecule has 0 saturated heterocycles. The molecule has 1 amide bonds. The number of aromatic nitrogens is 3. The standard InChI is InChI=1S/C19H16ClN5O3/c1-21-18(27)17-19(28)25(22-11-13-5-3-2-4-6-13)23-24(17)12-16(26)14-7-9-15(20)10-8-14/h2-11H,12H2,1H3,(H-,21,23,27,28)/p+1/b22-11+. The van der Waals surface area contributed by atoms with E-state index in [0.717, 1.165) is 10.4 Å². The Morgan fingerprint density at radius 3 is 2.50 bits per heavy atom. The van der Waals surface area contributed by atoms with Crippen molar-refractivity contribution in [3.8, 4) is 0 Å². The van der Waals surface area contributed by atoms with Crippen LogP contribution in [0.25, 0.3) is 0 Å². The lowest BCUT2D eigenvalue weighted by Crippen LogP contribution is -2.48. The molecule has 1 heterocycles. The van der Waals surface area contributed by atoms with E-state index in [1.54, 1.807) is 24.3 Å². The van der Waals surface area contributed by atoms with Crippen molar-refractivity contribution in [1.82, 2.24) is 15.3 Å². The van der Waals surface area contributed by atoms with E-state index in [9.17, 15) is 14.4 Å². The van der Waals surface area contributed by atoms with Gasteiger partial charge in [-0.25, -0.2) is 4.79 Å². The lowest BCUT2D eigenvalue weighted by molar-refractivity contribution is -0.744. The van der Waals surface area contributed by atoms with Crippen LogP contribution in [0.5, 0.6) is 0 Å². The molecule has 0 spiro atoms. The first-order chi connectivity index (χ1) is 13.5. The van der Waals surface area contributed by atoms with Gasteiger partial charge in [-0.15, -0.1) is 4.68 Å². The number of carbonyl (C=O) groups excluding carboxylic acids is 2. The number of Topliss-reactive ketones (excluding diaryl/α,β-unsaturated/α-hetero) is 1. The molecule has 0 aliphatic heterocycles. The smallest absolute Gasteiger partial charge is 0.352 e. The summed E-state index contributed by atoms with van der Waals surface area (Å²) in [6.07, 6.45) is 1.47. The quantitative estimate of drug-likeness (QED) is 0.371. The van der Waals surface area contributed by atoms with Gasteiger partial charge in [0.15, 0.2) is 6.54 Å². The number of nitrogens with zero attached hydrogens (tertiary/aromatic N) is 3. The number of benzene rings is 2. The minimum atomic E-state index is -0.671. The van der Waals surface area contributed by atoms with Crippen molar-refractivity contribution in [2.45, 2.75) is 6.54 Å². The number of amides is 1. The van der Waals surface area contributed by atoms with Crippen molar-refractivity contribution in [3.05, 3.63) is 86.8 Å². The van der Waals surface area contributed by atoms with E-state index in [4.69, 9.17) is 11.6 Å². The van der Waals surface area contributed by atoms with Crippen molar-refractivity contribution < 1.29 is 14.3 Å². The summed E-state index contributed by atoms with van der Waals surface area (Å²) in [5.74, 6) is -0.925. The minimum Gasteiger partial charge on any atom is -0.352 e. The van der Waals surface area contributed by atoms with Crippen LogP contribution in [-0.2, 0) is 6.54 Å². The number of H-pyrrole nitrogens is 1. The normalized spacial score (nSPS) is 10.9. The fourth-order valence-electron chi connectivity index (χ4n) is 2.49. The molecule has 9 heteroatoms. The van der Waals surface area contributed by atoms with Crippen LogP contribution in [-0.4, -0.2) is 35.0 Å². The SMILES string of the molecule is CNC(=O)c1c(=O)n(/N=C/c2ccccc2)[nH][n+]1CC(=O)c1ccc(Cl)cc1. The molecule has 8 nitrogen and oxygen atoms in total. The Balaban J connectivity index is 1.94. The number of aromatic amines is 1. The van der Waals surface area contributed by atoms with E-state index in [1.165, 1.54) is 17.9 Å². The second kappa shape index (κ2) is 8.45. The van der Waals surface area contributed by atoms with Gasteiger partial charge < -0.3 is 5.32 Å². The fourth-order valence-corrected chi connectivity index (χ4v) is 2.62. The van der Waals surface area contributed by atoms with Gasteiger partial charge in [-0.2, -0.15) is 0 Å². The Morgan fingerprint density at radius 1 is 1.18 bits per heavy atom. The fraction of sp³-hybridized carbons (Fsp3) is 0.105. The Labute approximate surface area is 165 Å². The van der Waals surface area contributed by atoms with E-state index in [-0.39, 0.29) is 18.0 Å². The zero-order valence-electron chi connectivity index (χ0n) is 14.9. The Morgan fingerprint density at radius 2 is 1.86 bits per heavy atom. The summed E-state index contributed by atoms with van der Waals surface area (Å²) < 4.78 is 1.17. The minimum absolute atomic E-state index is 0.227. The maximum absolute atomic E-state index is 12.6. The summed E-state index contributed by atoms with van der Waals surface area (Å²) >= 11 is 5.84. The Bertz CT molecular complexity index is 1090. The first-order valence-corrected chi connectivity index (χ1v) is 8.72. The van der Waals surface area contributed by atoms with Crippen LogP contribution in [0.2, 0.25) is 5.02 Å². The van der Waals surface area contributed by atoms with Crippen LogP contribution in [0.15, 0.2) is 64.5 Å². The van der Waals surface area contributed by atoms with E-state index in [0.29, 0.717) is 10.6 Å². The second-order valence-electron chi connectivity index (χ2n) is 5.82. The highest BCUT2D eigenvalue weighted by Crippen LogP contribution is 2.10. The highest BCUT2D eigenvalue weighted by atomic mass is 35.5. The van der Waals surface area contributed by atoms with Crippen LogP contribution in [0.3, 0.4) is 0 Å². The van der Waals surface area contributed by atoms with Crippen LogP contribution in [0.1, 0.15) is 26.4 Å². The van der Waals surface area contributed by atoms with E-state index >= 15 is 0 Å². The number of rotatable bonds is 6. The second-order valence-corrected chi connectivity index (χ2v) is 6.25. The predicted octanol–water partition coefficient (Wildman–Crippen LogP) is 1.24. The van der Waals surface area contributed by atoms with Gasteiger partial charge in [-0.05, 0) is 29.8 Å². The number of hydrogen-bond donors (Lipinski definition) is 2.